The molecule has 0 saturated carbocycles. The Labute approximate surface area is 151 Å². The molecule has 26 heavy (non-hydrogen) atoms. The van der Waals surface area contributed by atoms with Crippen LogP contribution in [0.4, 0.5) is 0 Å². The molecule has 0 radical (unpaired) electrons. The van der Waals surface area contributed by atoms with Gasteiger partial charge in [0.1, 0.15) is 0 Å². The summed E-state index contributed by atoms with van der Waals surface area (Å²) in [6.07, 6.45) is 2.95. The van der Waals surface area contributed by atoms with Gasteiger partial charge in [-0.1, -0.05) is 23.4 Å². The first-order valence-corrected chi connectivity index (χ1v) is 9.07. The third kappa shape index (κ3) is 3.34. The van der Waals surface area contributed by atoms with E-state index in [1.807, 2.05) is 30.0 Å². The fraction of sp³-hybridized carbons (Fsp3) is 0.474. The smallest absolute Gasteiger partial charge is 0.252 e. The van der Waals surface area contributed by atoms with Gasteiger partial charge < -0.3 is 14.7 Å². The van der Waals surface area contributed by atoms with E-state index in [1.54, 1.807) is 6.07 Å². The van der Waals surface area contributed by atoms with Gasteiger partial charge in [-0.2, -0.15) is 4.98 Å². The third-order valence-corrected chi connectivity index (χ3v) is 5.27. The predicted molar refractivity (Wildman–Crippen MR) is 93.3 cm³/mol. The van der Waals surface area contributed by atoms with E-state index in [1.165, 1.54) is 0 Å². The van der Waals surface area contributed by atoms with Crippen molar-refractivity contribution in [3.05, 3.63) is 47.1 Å². The maximum Gasteiger partial charge on any atom is 0.252 e. The largest absolute Gasteiger partial charge is 0.345 e. The van der Waals surface area contributed by atoms with Gasteiger partial charge in [-0.15, -0.1) is 0 Å². The topological polar surface area (TPSA) is 88.3 Å². The van der Waals surface area contributed by atoms with Crippen LogP contribution in [-0.4, -0.2) is 39.9 Å². The number of fused-ring (bicyclic) bond motifs is 1. The molecule has 0 unspecified atom stereocenters. The molecule has 2 aromatic rings. The number of hydrogen-bond acceptors (Lipinski definition) is 5. The van der Waals surface area contributed by atoms with E-state index in [9.17, 15) is 9.59 Å². The van der Waals surface area contributed by atoms with E-state index in [0.29, 0.717) is 29.6 Å². The molecule has 0 aliphatic carbocycles. The van der Waals surface area contributed by atoms with E-state index < -0.39 is 0 Å². The van der Waals surface area contributed by atoms with Crippen LogP contribution in [0.5, 0.6) is 0 Å². The average molecular weight is 354 g/mol. The van der Waals surface area contributed by atoms with Gasteiger partial charge in [0.25, 0.3) is 5.91 Å². The summed E-state index contributed by atoms with van der Waals surface area (Å²) in [6.45, 7) is 3.28. The van der Waals surface area contributed by atoms with Crippen LogP contribution in [0.3, 0.4) is 0 Å². The summed E-state index contributed by atoms with van der Waals surface area (Å²) in [4.78, 5) is 30.8. The van der Waals surface area contributed by atoms with Crippen LogP contribution in [0.15, 0.2) is 28.8 Å². The van der Waals surface area contributed by atoms with E-state index in [4.69, 9.17) is 4.52 Å². The molecule has 2 aliphatic heterocycles. The van der Waals surface area contributed by atoms with Crippen LogP contribution in [0, 0.1) is 12.8 Å². The number of likely N-dealkylation sites (tertiary alicyclic amines) is 1. The Bertz CT molecular complexity index is 824. The molecule has 0 spiro atoms. The number of nitrogens with one attached hydrogen (secondary N) is 1. The van der Waals surface area contributed by atoms with Crippen molar-refractivity contribution in [1.82, 2.24) is 20.4 Å². The number of aromatic nitrogens is 2. The Kier molecular flexibility index (Phi) is 4.44. The number of hydrogen-bond donors (Lipinski definition) is 1. The van der Waals surface area contributed by atoms with Gasteiger partial charge >= 0.3 is 0 Å². The molecule has 1 saturated heterocycles. The van der Waals surface area contributed by atoms with Gasteiger partial charge in [0, 0.05) is 25.1 Å². The highest BCUT2D eigenvalue weighted by atomic mass is 16.5. The minimum Gasteiger partial charge on any atom is -0.345 e. The highest BCUT2D eigenvalue weighted by Gasteiger charge is 2.32. The van der Waals surface area contributed by atoms with Crippen LogP contribution in [0.25, 0.3) is 0 Å². The van der Waals surface area contributed by atoms with Crippen molar-refractivity contribution in [2.24, 2.45) is 5.92 Å². The lowest BCUT2D eigenvalue weighted by Gasteiger charge is -2.32. The Morgan fingerprint density at radius 1 is 1.31 bits per heavy atom. The number of aryl methyl sites for hydroxylation is 1. The molecule has 1 atom stereocenters. The zero-order valence-electron chi connectivity index (χ0n) is 14.8. The summed E-state index contributed by atoms with van der Waals surface area (Å²) in [5, 5.41) is 6.74. The summed E-state index contributed by atoms with van der Waals surface area (Å²) >= 11 is 0. The SMILES string of the molecule is Cc1noc(CC2CCN(C(=O)C[C@H]3NC(=O)c4ccccc43)CC2)n1. The van der Waals surface area contributed by atoms with E-state index in [-0.39, 0.29) is 17.9 Å². The normalized spacial score (nSPS) is 20.1. The van der Waals surface area contributed by atoms with Gasteiger partial charge in [-0.25, -0.2) is 0 Å². The second-order valence-electron chi connectivity index (χ2n) is 7.08. The minimum atomic E-state index is -0.217. The first kappa shape index (κ1) is 16.8. The molecular weight excluding hydrogens is 332 g/mol. The van der Waals surface area contributed by atoms with Crippen molar-refractivity contribution in [3.63, 3.8) is 0 Å². The van der Waals surface area contributed by atoms with E-state index in [0.717, 1.165) is 37.9 Å². The zero-order chi connectivity index (χ0) is 18.1. The third-order valence-electron chi connectivity index (χ3n) is 5.27. The van der Waals surface area contributed by atoms with Crippen LogP contribution >= 0.6 is 0 Å². The monoisotopic (exact) mass is 354 g/mol. The first-order chi connectivity index (χ1) is 12.6. The number of amides is 2. The number of rotatable bonds is 4. The lowest BCUT2D eigenvalue weighted by Crippen LogP contribution is -2.40. The van der Waals surface area contributed by atoms with Gasteiger partial charge in [0.05, 0.1) is 12.5 Å². The van der Waals surface area contributed by atoms with Gasteiger partial charge in [-0.3, -0.25) is 9.59 Å². The average Bonchev–Trinajstić information content (AvgIpc) is 3.19. The zero-order valence-corrected chi connectivity index (χ0v) is 14.8. The maximum atomic E-state index is 12.7. The highest BCUT2D eigenvalue weighted by molar-refractivity contribution is 5.99. The van der Waals surface area contributed by atoms with Crippen LogP contribution < -0.4 is 5.32 Å². The summed E-state index contributed by atoms with van der Waals surface area (Å²) in [6, 6.07) is 7.26. The minimum absolute atomic E-state index is 0.0908. The van der Waals surface area contributed by atoms with Crippen molar-refractivity contribution in [3.8, 4) is 0 Å². The molecule has 1 aromatic carbocycles. The molecule has 3 heterocycles. The van der Waals surface area contributed by atoms with E-state index in [2.05, 4.69) is 15.5 Å². The highest BCUT2D eigenvalue weighted by Crippen LogP contribution is 2.29. The summed E-state index contributed by atoms with van der Waals surface area (Å²) in [5.41, 5.74) is 1.60. The van der Waals surface area contributed by atoms with Gasteiger partial charge in [0.15, 0.2) is 5.82 Å². The standard InChI is InChI=1S/C19H22N4O3/c1-12-20-17(26-22-12)10-13-6-8-23(9-7-13)18(24)11-16-14-4-2-3-5-15(14)19(25)21-16/h2-5,13,16H,6-11H2,1H3,(H,21,25)/t16-/m1/s1. The quantitative estimate of drug-likeness (QED) is 0.908. The molecule has 1 fully saturated rings. The Hall–Kier alpha value is -2.70. The first-order valence-electron chi connectivity index (χ1n) is 9.07. The molecule has 1 aromatic heterocycles. The number of carbonyl (C=O) groups is 2. The predicted octanol–water partition coefficient (Wildman–Crippen LogP) is 2.03. The summed E-state index contributed by atoms with van der Waals surface area (Å²) in [5.74, 6) is 1.81. The lowest BCUT2D eigenvalue weighted by atomic mass is 9.93. The number of benzene rings is 1. The molecule has 2 amide bonds. The van der Waals surface area contributed by atoms with Crippen LogP contribution in [-0.2, 0) is 11.2 Å². The number of nitrogens with zero attached hydrogens (tertiary/aromatic N) is 3. The van der Waals surface area contributed by atoms with Gasteiger partial charge in [0.2, 0.25) is 11.8 Å². The van der Waals surface area contributed by atoms with Crippen LogP contribution in [0.2, 0.25) is 0 Å². The Balaban J connectivity index is 1.31. The number of carbonyl (C=O) groups excluding carboxylic acids is 2. The van der Waals surface area contributed by atoms with Crippen molar-refractivity contribution in [2.45, 2.75) is 38.6 Å². The van der Waals surface area contributed by atoms with Crippen molar-refractivity contribution < 1.29 is 14.1 Å². The van der Waals surface area contributed by atoms with Gasteiger partial charge in [-0.05, 0) is 37.3 Å². The van der Waals surface area contributed by atoms with Crippen LogP contribution in [0.1, 0.15) is 52.9 Å². The Morgan fingerprint density at radius 3 is 2.81 bits per heavy atom. The molecule has 0 bridgehead atoms. The fourth-order valence-electron chi connectivity index (χ4n) is 3.84. The lowest BCUT2D eigenvalue weighted by molar-refractivity contribution is -0.133. The molecule has 7 heteroatoms. The van der Waals surface area contributed by atoms with E-state index >= 15 is 0 Å². The molecule has 7 nitrogen and oxygen atoms in total. The molecule has 2 aliphatic rings. The second-order valence-corrected chi connectivity index (χ2v) is 7.08. The van der Waals surface area contributed by atoms with Crippen molar-refractivity contribution in [1.29, 1.82) is 0 Å². The summed E-state index contributed by atoms with van der Waals surface area (Å²) < 4.78 is 5.19. The molecule has 4 rings (SSSR count). The maximum absolute atomic E-state index is 12.7. The van der Waals surface area contributed by atoms with Crippen molar-refractivity contribution >= 4 is 11.8 Å². The second kappa shape index (κ2) is 6.90. The fourth-order valence-corrected chi connectivity index (χ4v) is 3.84. The molecule has 136 valence electrons. The Morgan fingerprint density at radius 2 is 2.08 bits per heavy atom. The molecular formula is C19H22N4O3. The molecule has 1 N–H and O–H groups in total. The summed E-state index contributed by atoms with van der Waals surface area (Å²) in [7, 11) is 0. The number of piperidine rings is 1. The van der Waals surface area contributed by atoms with Crippen molar-refractivity contribution in [2.75, 3.05) is 13.1 Å².